The zero-order chi connectivity index (χ0) is 14.8. The topological polar surface area (TPSA) is 60.9 Å². The molecule has 0 aliphatic rings. The summed E-state index contributed by atoms with van der Waals surface area (Å²) in [7, 11) is 0. The number of aryl methyl sites for hydroxylation is 1. The monoisotopic (exact) mass is 297 g/mol. The van der Waals surface area contributed by atoms with Crippen molar-refractivity contribution in [3.63, 3.8) is 0 Å². The van der Waals surface area contributed by atoms with Gasteiger partial charge in [-0.25, -0.2) is 9.66 Å². The smallest absolute Gasteiger partial charge is 0.280 e. The number of hydrogen-bond donors (Lipinski definition) is 1. The lowest BCUT2D eigenvalue weighted by Gasteiger charge is -2.08. The van der Waals surface area contributed by atoms with Crippen molar-refractivity contribution in [1.29, 1.82) is 0 Å². The van der Waals surface area contributed by atoms with Crippen LogP contribution in [0.15, 0.2) is 58.5 Å². The van der Waals surface area contributed by atoms with Gasteiger partial charge in [0.1, 0.15) is 0 Å². The van der Waals surface area contributed by atoms with Crippen molar-refractivity contribution in [2.75, 3.05) is 5.84 Å². The molecule has 0 spiro atoms. The highest BCUT2D eigenvalue weighted by Crippen LogP contribution is 2.21. The van der Waals surface area contributed by atoms with Crippen molar-refractivity contribution in [2.24, 2.45) is 0 Å². The number of hydrogen-bond acceptors (Lipinski definition) is 4. The maximum atomic E-state index is 12.2. The molecule has 0 amide bonds. The third-order valence-corrected chi connectivity index (χ3v) is 4.25. The number of benzene rings is 2. The molecule has 4 nitrogen and oxygen atoms in total. The standard InChI is InChI=1S/C16H15N3OS/c1-11-5-4-6-12(9-11)10-21-16-18-14-8-3-2-7-13(14)15(20)19(16)17/h2-9H,10,17H2,1H3. The number of rotatable bonds is 3. The Morgan fingerprint density at radius 3 is 2.81 bits per heavy atom. The molecule has 0 atom stereocenters. The molecule has 0 aliphatic heterocycles. The fourth-order valence-corrected chi connectivity index (χ4v) is 3.04. The van der Waals surface area contributed by atoms with E-state index >= 15 is 0 Å². The van der Waals surface area contributed by atoms with E-state index in [0.717, 1.165) is 10.4 Å². The minimum Gasteiger partial charge on any atom is -0.334 e. The van der Waals surface area contributed by atoms with Gasteiger partial charge in [-0.3, -0.25) is 4.79 Å². The Morgan fingerprint density at radius 1 is 1.19 bits per heavy atom. The Kier molecular flexibility index (Phi) is 3.66. The van der Waals surface area contributed by atoms with Gasteiger partial charge >= 0.3 is 0 Å². The first-order chi connectivity index (χ1) is 10.1. The van der Waals surface area contributed by atoms with Gasteiger partial charge in [0.15, 0.2) is 5.16 Å². The van der Waals surface area contributed by atoms with Crippen LogP contribution < -0.4 is 11.4 Å². The van der Waals surface area contributed by atoms with E-state index in [1.54, 1.807) is 6.07 Å². The van der Waals surface area contributed by atoms with Crippen molar-refractivity contribution in [3.8, 4) is 0 Å². The van der Waals surface area contributed by atoms with Gasteiger partial charge in [0, 0.05) is 5.75 Å². The molecule has 1 heterocycles. The van der Waals surface area contributed by atoms with E-state index in [9.17, 15) is 4.79 Å². The number of thioether (sulfide) groups is 1. The van der Waals surface area contributed by atoms with Crippen LogP contribution in [0.2, 0.25) is 0 Å². The highest BCUT2D eigenvalue weighted by molar-refractivity contribution is 7.98. The van der Waals surface area contributed by atoms with E-state index in [1.807, 2.05) is 24.3 Å². The fraction of sp³-hybridized carbons (Fsp3) is 0.125. The molecule has 0 saturated carbocycles. The lowest BCUT2D eigenvalue weighted by atomic mass is 10.2. The molecule has 0 saturated heterocycles. The Hall–Kier alpha value is -2.27. The van der Waals surface area contributed by atoms with Crippen molar-refractivity contribution in [1.82, 2.24) is 9.66 Å². The molecular formula is C16H15N3OS. The van der Waals surface area contributed by atoms with Crippen LogP contribution in [0.3, 0.4) is 0 Å². The van der Waals surface area contributed by atoms with Gasteiger partial charge < -0.3 is 5.84 Å². The second-order valence-corrected chi connectivity index (χ2v) is 5.81. The van der Waals surface area contributed by atoms with Crippen LogP contribution in [0.4, 0.5) is 0 Å². The fourth-order valence-electron chi connectivity index (χ4n) is 2.18. The highest BCUT2D eigenvalue weighted by Gasteiger charge is 2.09. The second kappa shape index (κ2) is 5.61. The van der Waals surface area contributed by atoms with Gasteiger partial charge in [0.25, 0.3) is 5.56 Å². The number of para-hydroxylation sites is 1. The van der Waals surface area contributed by atoms with Crippen LogP contribution in [0.5, 0.6) is 0 Å². The normalized spacial score (nSPS) is 10.9. The van der Waals surface area contributed by atoms with Gasteiger partial charge in [-0.15, -0.1) is 0 Å². The number of nitrogen functional groups attached to an aromatic ring is 1. The summed E-state index contributed by atoms with van der Waals surface area (Å²) < 4.78 is 1.13. The van der Waals surface area contributed by atoms with Crippen LogP contribution >= 0.6 is 11.8 Å². The SMILES string of the molecule is Cc1cccc(CSc2nc3ccccc3c(=O)n2N)c1. The lowest BCUT2D eigenvalue weighted by Crippen LogP contribution is -2.29. The predicted molar refractivity (Wildman–Crippen MR) is 86.9 cm³/mol. The predicted octanol–water partition coefficient (Wildman–Crippen LogP) is 2.71. The van der Waals surface area contributed by atoms with Gasteiger partial charge in [-0.2, -0.15) is 0 Å². The Morgan fingerprint density at radius 2 is 2.00 bits per heavy atom. The van der Waals surface area contributed by atoms with E-state index < -0.39 is 0 Å². The molecule has 2 aromatic carbocycles. The van der Waals surface area contributed by atoms with Gasteiger partial charge in [0.05, 0.1) is 10.9 Å². The quantitative estimate of drug-likeness (QED) is 0.459. The Bertz CT molecular complexity index is 858. The average molecular weight is 297 g/mol. The Balaban J connectivity index is 1.94. The van der Waals surface area contributed by atoms with Crippen LogP contribution in [0, 0.1) is 6.92 Å². The minimum atomic E-state index is -0.215. The third kappa shape index (κ3) is 2.78. The molecule has 2 N–H and O–H groups in total. The second-order valence-electron chi connectivity index (χ2n) is 4.86. The molecule has 0 unspecified atom stereocenters. The Labute approximate surface area is 126 Å². The van der Waals surface area contributed by atoms with Crippen molar-refractivity contribution < 1.29 is 0 Å². The summed E-state index contributed by atoms with van der Waals surface area (Å²) in [5.74, 6) is 6.59. The minimum absolute atomic E-state index is 0.215. The molecular weight excluding hydrogens is 282 g/mol. The largest absolute Gasteiger partial charge is 0.334 e. The molecule has 0 radical (unpaired) electrons. The van der Waals surface area contributed by atoms with E-state index in [-0.39, 0.29) is 5.56 Å². The van der Waals surface area contributed by atoms with E-state index in [2.05, 4.69) is 30.1 Å². The molecule has 5 heteroatoms. The van der Waals surface area contributed by atoms with Crippen molar-refractivity contribution in [2.45, 2.75) is 17.8 Å². The summed E-state index contributed by atoms with van der Waals surface area (Å²) >= 11 is 1.46. The summed E-state index contributed by atoms with van der Waals surface area (Å²) in [6.07, 6.45) is 0. The summed E-state index contributed by atoms with van der Waals surface area (Å²) in [5.41, 5.74) is 2.86. The maximum Gasteiger partial charge on any atom is 0.280 e. The summed E-state index contributed by atoms with van der Waals surface area (Å²) in [6, 6.07) is 15.5. The molecule has 0 fully saturated rings. The van der Waals surface area contributed by atoms with Gasteiger partial charge in [-0.1, -0.05) is 53.7 Å². The first-order valence-electron chi connectivity index (χ1n) is 6.60. The van der Waals surface area contributed by atoms with Gasteiger partial charge in [-0.05, 0) is 24.6 Å². The maximum absolute atomic E-state index is 12.2. The molecule has 21 heavy (non-hydrogen) atoms. The summed E-state index contributed by atoms with van der Waals surface area (Å²) in [4.78, 5) is 16.7. The first-order valence-corrected chi connectivity index (χ1v) is 7.59. The van der Waals surface area contributed by atoms with E-state index in [4.69, 9.17) is 5.84 Å². The molecule has 0 aliphatic carbocycles. The zero-order valence-corrected chi connectivity index (χ0v) is 12.4. The molecule has 3 rings (SSSR count). The van der Waals surface area contributed by atoms with E-state index in [0.29, 0.717) is 16.1 Å². The molecule has 3 aromatic rings. The van der Waals surface area contributed by atoms with E-state index in [1.165, 1.54) is 22.9 Å². The molecule has 1 aromatic heterocycles. The summed E-state index contributed by atoms with van der Waals surface area (Å²) in [5, 5.41) is 1.07. The van der Waals surface area contributed by atoms with Crippen molar-refractivity contribution in [3.05, 3.63) is 70.0 Å². The van der Waals surface area contributed by atoms with Crippen molar-refractivity contribution >= 4 is 22.7 Å². The van der Waals surface area contributed by atoms with Crippen LogP contribution in [-0.2, 0) is 5.75 Å². The average Bonchev–Trinajstić information content (AvgIpc) is 2.50. The number of nitrogens with two attached hydrogens (primary N) is 1. The third-order valence-electron chi connectivity index (χ3n) is 3.23. The van der Waals surface area contributed by atoms with Crippen LogP contribution in [0.1, 0.15) is 11.1 Å². The van der Waals surface area contributed by atoms with Crippen LogP contribution in [0.25, 0.3) is 10.9 Å². The first kappa shape index (κ1) is 13.7. The number of fused-ring (bicyclic) bond motifs is 1. The van der Waals surface area contributed by atoms with Crippen LogP contribution in [-0.4, -0.2) is 9.66 Å². The molecule has 0 bridgehead atoms. The lowest BCUT2D eigenvalue weighted by molar-refractivity contribution is 0.779. The van der Waals surface area contributed by atoms with Gasteiger partial charge in [0.2, 0.25) is 0 Å². The molecule has 106 valence electrons. The number of nitrogens with zero attached hydrogens (tertiary/aromatic N) is 2. The zero-order valence-electron chi connectivity index (χ0n) is 11.6. The summed E-state index contributed by atoms with van der Waals surface area (Å²) in [6.45, 7) is 2.06. The highest BCUT2D eigenvalue weighted by atomic mass is 32.2. The number of aromatic nitrogens is 2.